The minimum absolute atomic E-state index is 0.0589. The van der Waals surface area contributed by atoms with Gasteiger partial charge in [-0.15, -0.1) is 0 Å². The molecule has 1 saturated heterocycles. The van der Waals surface area contributed by atoms with E-state index >= 15 is 0 Å². The normalized spacial score (nSPS) is 21.5. The molecule has 1 aromatic rings. The second kappa shape index (κ2) is 6.02. The number of methoxy groups -OCH3 is 1. The van der Waals surface area contributed by atoms with E-state index in [1.54, 1.807) is 23.9 Å². The second-order valence-corrected chi connectivity index (χ2v) is 6.24. The van der Waals surface area contributed by atoms with Gasteiger partial charge in [-0.3, -0.25) is 0 Å². The molecular weight excluding hydrogens is 282 g/mol. The predicted molar refractivity (Wildman–Crippen MR) is 82.8 cm³/mol. The van der Waals surface area contributed by atoms with Crippen molar-refractivity contribution in [3.05, 3.63) is 18.0 Å². The molecule has 0 spiro atoms. The maximum atomic E-state index is 12.5. The van der Waals surface area contributed by atoms with Crippen molar-refractivity contribution in [3.63, 3.8) is 0 Å². The highest BCUT2D eigenvalue weighted by atomic mass is 16.5. The SMILES string of the molecule is COC(=O)c1cc(NC(=O)N2CCC[C@H]2C2CCC2)cn1C. The monoisotopic (exact) mass is 305 g/mol. The fourth-order valence-electron chi connectivity index (χ4n) is 3.50. The molecule has 1 atom stereocenters. The fourth-order valence-corrected chi connectivity index (χ4v) is 3.50. The summed E-state index contributed by atoms with van der Waals surface area (Å²) in [4.78, 5) is 26.1. The summed E-state index contributed by atoms with van der Waals surface area (Å²) in [5.74, 6) is 0.270. The molecule has 6 nitrogen and oxygen atoms in total. The van der Waals surface area contributed by atoms with Crippen LogP contribution in [-0.4, -0.2) is 41.2 Å². The van der Waals surface area contributed by atoms with E-state index in [0.717, 1.165) is 19.4 Å². The lowest BCUT2D eigenvalue weighted by Gasteiger charge is -2.36. The van der Waals surface area contributed by atoms with Crippen LogP contribution in [0.3, 0.4) is 0 Å². The van der Waals surface area contributed by atoms with Crippen LogP contribution in [0.2, 0.25) is 0 Å². The number of nitrogens with one attached hydrogen (secondary N) is 1. The van der Waals surface area contributed by atoms with Crippen molar-refractivity contribution in [2.75, 3.05) is 19.0 Å². The van der Waals surface area contributed by atoms with Gasteiger partial charge in [-0.1, -0.05) is 6.42 Å². The van der Waals surface area contributed by atoms with Crippen LogP contribution >= 0.6 is 0 Å². The number of aromatic nitrogens is 1. The van der Waals surface area contributed by atoms with E-state index in [-0.39, 0.29) is 6.03 Å². The zero-order valence-electron chi connectivity index (χ0n) is 13.2. The number of rotatable bonds is 3. The van der Waals surface area contributed by atoms with Crippen LogP contribution in [0, 0.1) is 5.92 Å². The largest absolute Gasteiger partial charge is 0.464 e. The number of aryl methyl sites for hydroxylation is 1. The second-order valence-electron chi connectivity index (χ2n) is 6.24. The highest BCUT2D eigenvalue weighted by Gasteiger charge is 2.37. The maximum absolute atomic E-state index is 12.5. The standard InChI is InChI=1S/C16H23N3O3/c1-18-10-12(9-14(18)15(20)22-2)17-16(21)19-8-4-7-13(19)11-5-3-6-11/h9-11,13H,3-8H2,1-2H3,(H,17,21)/t13-/m0/s1. The van der Waals surface area contributed by atoms with Gasteiger partial charge in [0.15, 0.2) is 0 Å². The number of nitrogens with zero attached hydrogens (tertiary/aromatic N) is 2. The first-order valence-electron chi connectivity index (χ1n) is 7.92. The molecule has 120 valence electrons. The van der Waals surface area contributed by atoms with E-state index in [9.17, 15) is 9.59 Å². The summed E-state index contributed by atoms with van der Waals surface area (Å²) in [7, 11) is 3.11. The van der Waals surface area contributed by atoms with E-state index in [1.807, 2.05) is 4.90 Å². The van der Waals surface area contributed by atoms with Gasteiger partial charge >= 0.3 is 12.0 Å². The lowest BCUT2D eigenvalue weighted by atomic mass is 9.79. The Kier molecular flexibility index (Phi) is 4.09. The number of esters is 1. The molecule has 0 unspecified atom stereocenters. The molecule has 2 heterocycles. The van der Waals surface area contributed by atoms with Gasteiger partial charge in [-0.05, 0) is 37.7 Å². The van der Waals surface area contributed by atoms with Crippen LogP contribution in [0.15, 0.2) is 12.3 Å². The smallest absolute Gasteiger partial charge is 0.354 e. The number of anilines is 1. The predicted octanol–water partition coefficient (Wildman–Crippen LogP) is 2.61. The van der Waals surface area contributed by atoms with Crippen molar-refractivity contribution in [3.8, 4) is 0 Å². The first kappa shape index (κ1) is 14.9. The van der Waals surface area contributed by atoms with Gasteiger partial charge in [0.05, 0.1) is 12.8 Å². The number of amides is 2. The molecular formula is C16H23N3O3. The van der Waals surface area contributed by atoms with Crippen molar-refractivity contribution in [2.24, 2.45) is 13.0 Å². The molecule has 1 saturated carbocycles. The third-order valence-electron chi connectivity index (χ3n) is 4.90. The first-order valence-corrected chi connectivity index (χ1v) is 7.92. The van der Waals surface area contributed by atoms with Gasteiger partial charge in [-0.2, -0.15) is 0 Å². The van der Waals surface area contributed by atoms with Crippen LogP contribution < -0.4 is 5.32 Å². The molecule has 1 N–H and O–H groups in total. The minimum atomic E-state index is -0.406. The van der Waals surface area contributed by atoms with Crippen LogP contribution in [0.5, 0.6) is 0 Å². The Bertz CT molecular complexity index is 577. The summed E-state index contributed by atoms with van der Waals surface area (Å²) in [6.07, 6.45) is 7.70. The van der Waals surface area contributed by atoms with E-state index in [0.29, 0.717) is 23.3 Å². The van der Waals surface area contributed by atoms with Crippen molar-refractivity contribution in [2.45, 2.75) is 38.1 Å². The molecule has 0 bridgehead atoms. The summed E-state index contributed by atoms with van der Waals surface area (Å²) in [6.45, 7) is 0.823. The van der Waals surface area contributed by atoms with Crippen LogP contribution in [0.1, 0.15) is 42.6 Å². The quantitative estimate of drug-likeness (QED) is 0.873. The molecule has 1 aliphatic carbocycles. The molecule has 1 aliphatic heterocycles. The summed E-state index contributed by atoms with van der Waals surface area (Å²) >= 11 is 0. The fraction of sp³-hybridized carbons (Fsp3) is 0.625. The third kappa shape index (κ3) is 2.69. The number of hydrogen-bond donors (Lipinski definition) is 1. The van der Waals surface area contributed by atoms with Crippen LogP contribution in [0.4, 0.5) is 10.5 Å². The third-order valence-corrected chi connectivity index (χ3v) is 4.90. The molecule has 1 aromatic heterocycles. The number of carbonyl (C=O) groups is 2. The van der Waals surface area contributed by atoms with Gasteiger partial charge in [0.1, 0.15) is 5.69 Å². The van der Waals surface area contributed by atoms with E-state index in [1.165, 1.54) is 26.4 Å². The van der Waals surface area contributed by atoms with Gasteiger partial charge < -0.3 is 19.5 Å². The topological polar surface area (TPSA) is 63.6 Å². The van der Waals surface area contributed by atoms with Gasteiger partial charge in [0.25, 0.3) is 0 Å². The summed E-state index contributed by atoms with van der Waals surface area (Å²) < 4.78 is 6.38. The molecule has 6 heteroatoms. The Balaban J connectivity index is 1.67. The van der Waals surface area contributed by atoms with E-state index in [4.69, 9.17) is 4.74 Å². The van der Waals surface area contributed by atoms with Gasteiger partial charge in [-0.25, -0.2) is 9.59 Å². The Labute approximate surface area is 130 Å². The van der Waals surface area contributed by atoms with Crippen LogP contribution in [0.25, 0.3) is 0 Å². The van der Waals surface area contributed by atoms with Crippen LogP contribution in [-0.2, 0) is 11.8 Å². The van der Waals surface area contributed by atoms with E-state index in [2.05, 4.69) is 5.32 Å². The molecule has 2 fully saturated rings. The minimum Gasteiger partial charge on any atom is -0.464 e. The molecule has 3 rings (SSSR count). The number of carbonyl (C=O) groups excluding carboxylic acids is 2. The molecule has 2 amide bonds. The summed E-state index contributed by atoms with van der Waals surface area (Å²) in [5, 5.41) is 2.92. The number of ether oxygens (including phenoxy) is 1. The van der Waals surface area contributed by atoms with Crippen molar-refractivity contribution < 1.29 is 14.3 Å². The number of likely N-dealkylation sites (tertiary alicyclic amines) is 1. The zero-order valence-corrected chi connectivity index (χ0v) is 13.2. The lowest BCUT2D eigenvalue weighted by Crippen LogP contribution is -2.44. The molecule has 0 aromatic carbocycles. The highest BCUT2D eigenvalue weighted by molar-refractivity contribution is 5.93. The average Bonchev–Trinajstić information content (AvgIpc) is 3.03. The Morgan fingerprint density at radius 1 is 1.27 bits per heavy atom. The molecule has 2 aliphatic rings. The zero-order chi connectivity index (χ0) is 15.7. The van der Waals surface area contributed by atoms with Gasteiger partial charge in [0, 0.05) is 25.8 Å². The van der Waals surface area contributed by atoms with Crippen molar-refractivity contribution in [1.82, 2.24) is 9.47 Å². The summed E-state index contributed by atoms with van der Waals surface area (Å²) in [5.41, 5.74) is 1.06. The first-order chi connectivity index (χ1) is 10.6. The Hall–Kier alpha value is -1.98. The number of urea groups is 1. The number of hydrogen-bond acceptors (Lipinski definition) is 3. The Morgan fingerprint density at radius 2 is 2.05 bits per heavy atom. The van der Waals surface area contributed by atoms with Crippen molar-refractivity contribution >= 4 is 17.7 Å². The van der Waals surface area contributed by atoms with Crippen molar-refractivity contribution in [1.29, 1.82) is 0 Å². The van der Waals surface area contributed by atoms with E-state index < -0.39 is 5.97 Å². The molecule has 0 radical (unpaired) electrons. The average molecular weight is 305 g/mol. The lowest BCUT2D eigenvalue weighted by molar-refractivity contribution is 0.0590. The Morgan fingerprint density at radius 3 is 2.68 bits per heavy atom. The highest BCUT2D eigenvalue weighted by Crippen LogP contribution is 2.37. The maximum Gasteiger partial charge on any atom is 0.354 e. The summed E-state index contributed by atoms with van der Waals surface area (Å²) in [6, 6.07) is 1.98. The van der Waals surface area contributed by atoms with Gasteiger partial charge in [0.2, 0.25) is 0 Å². The molecule has 22 heavy (non-hydrogen) atoms.